The van der Waals surface area contributed by atoms with Crippen LogP contribution in [0.4, 0.5) is 0 Å². The van der Waals surface area contributed by atoms with Crippen LogP contribution in [0, 0.1) is 0 Å². The van der Waals surface area contributed by atoms with Crippen molar-refractivity contribution in [3.05, 3.63) is 0 Å². The van der Waals surface area contributed by atoms with Crippen LogP contribution in [0.15, 0.2) is 0 Å². The average Bonchev–Trinajstić information content (AvgIpc) is 3.01. The van der Waals surface area contributed by atoms with Crippen molar-refractivity contribution in [2.24, 2.45) is 0 Å². The van der Waals surface area contributed by atoms with E-state index in [4.69, 9.17) is 0 Å². The van der Waals surface area contributed by atoms with Crippen LogP contribution in [-0.2, 0) is 0 Å². The van der Waals surface area contributed by atoms with Gasteiger partial charge in [-0.3, -0.25) is 4.90 Å². The molecule has 0 bridgehead atoms. The van der Waals surface area contributed by atoms with Crippen LogP contribution >= 0.6 is 0 Å². The second-order valence-corrected chi connectivity index (χ2v) is 5.65. The maximum Gasteiger partial charge on any atom is 0.0209 e. The summed E-state index contributed by atoms with van der Waals surface area (Å²) in [6, 6.07) is 2.52. The molecule has 1 saturated heterocycles. The van der Waals surface area contributed by atoms with E-state index in [9.17, 15) is 0 Å². The topological polar surface area (TPSA) is 15.3 Å². The first-order valence-electron chi connectivity index (χ1n) is 7.33. The summed E-state index contributed by atoms with van der Waals surface area (Å²) in [7, 11) is 0. The van der Waals surface area contributed by atoms with Gasteiger partial charge in [0.2, 0.25) is 0 Å². The van der Waals surface area contributed by atoms with Crippen LogP contribution in [0.2, 0.25) is 0 Å². The normalized spacial score (nSPS) is 26.8. The lowest BCUT2D eigenvalue weighted by atomic mass is 10.1. The molecule has 0 amide bonds. The van der Waals surface area contributed by atoms with Gasteiger partial charge in [0.15, 0.2) is 0 Å². The van der Waals surface area contributed by atoms with E-state index in [0.717, 1.165) is 18.1 Å². The van der Waals surface area contributed by atoms with Gasteiger partial charge in [0.05, 0.1) is 0 Å². The van der Waals surface area contributed by atoms with E-state index in [1.807, 2.05) is 0 Å². The van der Waals surface area contributed by atoms with E-state index in [-0.39, 0.29) is 0 Å². The lowest BCUT2D eigenvalue weighted by Gasteiger charge is -2.23. The molecule has 1 N–H and O–H groups in total. The van der Waals surface area contributed by atoms with E-state index < -0.39 is 0 Å². The van der Waals surface area contributed by atoms with Crippen LogP contribution in [0.1, 0.15) is 58.8 Å². The van der Waals surface area contributed by atoms with Gasteiger partial charge >= 0.3 is 0 Å². The first-order chi connectivity index (χ1) is 7.83. The van der Waals surface area contributed by atoms with Gasteiger partial charge in [-0.1, -0.05) is 26.7 Å². The van der Waals surface area contributed by atoms with E-state index in [1.54, 1.807) is 0 Å². The fourth-order valence-corrected chi connectivity index (χ4v) is 3.04. The summed E-state index contributed by atoms with van der Waals surface area (Å²) < 4.78 is 0. The summed E-state index contributed by atoms with van der Waals surface area (Å²) in [5.41, 5.74) is 0. The highest BCUT2D eigenvalue weighted by atomic mass is 15.2. The maximum atomic E-state index is 3.89. The molecule has 94 valence electrons. The Hall–Kier alpha value is -0.0800. The summed E-state index contributed by atoms with van der Waals surface area (Å²) >= 11 is 0. The number of rotatable bonds is 7. The van der Waals surface area contributed by atoms with Crippen molar-refractivity contribution in [3.63, 3.8) is 0 Å². The third-order valence-electron chi connectivity index (χ3n) is 4.03. The largest absolute Gasteiger partial charge is 0.310 e. The van der Waals surface area contributed by atoms with E-state index in [0.29, 0.717) is 0 Å². The molecule has 0 radical (unpaired) electrons. The summed E-state index contributed by atoms with van der Waals surface area (Å²) in [5, 5.41) is 3.89. The highest BCUT2D eigenvalue weighted by molar-refractivity contribution is 4.92. The summed E-state index contributed by atoms with van der Waals surface area (Å²) in [5.74, 6) is 0. The molecule has 1 aliphatic carbocycles. The summed E-state index contributed by atoms with van der Waals surface area (Å²) in [6.45, 7) is 7.26. The molecule has 2 rings (SSSR count). The van der Waals surface area contributed by atoms with Crippen molar-refractivity contribution < 1.29 is 0 Å². The van der Waals surface area contributed by atoms with Crippen molar-refractivity contribution >= 4 is 0 Å². The van der Waals surface area contributed by atoms with Crippen LogP contribution in [0.3, 0.4) is 0 Å². The Morgan fingerprint density at radius 1 is 1.12 bits per heavy atom. The minimum Gasteiger partial charge on any atom is -0.310 e. The van der Waals surface area contributed by atoms with Crippen LogP contribution < -0.4 is 5.32 Å². The van der Waals surface area contributed by atoms with Gasteiger partial charge in [-0.2, -0.15) is 0 Å². The van der Waals surface area contributed by atoms with Crippen LogP contribution in [0.5, 0.6) is 0 Å². The Morgan fingerprint density at radius 2 is 1.81 bits per heavy atom. The van der Waals surface area contributed by atoms with Crippen LogP contribution in [0.25, 0.3) is 0 Å². The predicted molar refractivity (Wildman–Crippen MR) is 69.7 cm³/mol. The lowest BCUT2D eigenvalue weighted by molar-refractivity contribution is 0.307. The molecule has 1 saturated carbocycles. The maximum absolute atomic E-state index is 3.89. The zero-order valence-corrected chi connectivity index (χ0v) is 11.0. The molecule has 2 fully saturated rings. The Bertz CT molecular complexity index is 195. The Kier molecular flexibility index (Phi) is 4.66. The Morgan fingerprint density at radius 3 is 2.38 bits per heavy atom. The zero-order chi connectivity index (χ0) is 11.4. The number of nitrogens with zero attached hydrogens (tertiary/aromatic N) is 1. The molecule has 1 heterocycles. The summed E-state index contributed by atoms with van der Waals surface area (Å²) in [6.07, 6.45) is 9.63. The molecule has 2 nitrogen and oxygen atoms in total. The van der Waals surface area contributed by atoms with Gasteiger partial charge in [-0.15, -0.1) is 0 Å². The number of likely N-dealkylation sites (tertiary alicyclic amines) is 1. The quantitative estimate of drug-likeness (QED) is 0.715. The smallest absolute Gasteiger partial charge is 0.0209 e. The standard InChI is InChI=1S/C14H28N2/c1-3-5-12(6-4-2)15-13-9-10-16(11-13)14-7-8-14/h12-15H,3-11H2,1-2H3. The minimum atomic E-state index is 0.777. The number of hydrogen-bond donors (Lipinski definition) is 1. The van der Waals surface area contributed by atoms with Gasteiger partial charge in [0, 0.05) is 31.2 Å². The molecule has 0 aromatic carbocycles. The molecule has 1 aliphatic heterocycles. The van der Waals surface area contributed by atoms with Crippen LogP contribution in [-0.4, -0.2) is 36.1 Å². The zero-order valence-electron chi connectivity index (χ0n) is 11.0. The second kappa shape index (κ2) is 6.02. The first-order valence-corrected chi connectivity index (χ1v) is 7.33. The molecule has 2 heteroatoms. The monoisotopic (exact) mass is 224 g/mol. The SMILES string of the molecule is CCCC(CCC)NC1CCN(C2CC2)C1. The Labute approximate surface area is 101 Å². The average molecular weight is 224 g/mol. The molecular weight excluding hydrogens is 196 g/mol. The molecule has 2 aliphatic rings. The van der Waals surface area contributed by atoms with Crippen molar-refractivity contribution in [2.45, 2.75) is 76.9 Å². The first kappa shape index (κ1) is 12.4. The van der Waals surface area contributed by atoms with Crippen molar-refractivity contribution in [1.82, 2.24) is 10.2 Å². The van der Waals surface area contributed by atoms with Gasteiger partial charge in [0.1, 0.15) is 0 Å². The van der Waals surface area contributed by atoms with Gasteiger partial charge < -0.3 is 5.32 Å². The fraction of sp³-hybridized carbons (Fsp3) is 1.00. The highest BCUT2D eigenvalue weighted by Crippen LogP contribution is 2.30. The third-order valence-corrected chi connectivity index (χ3v) is 4.03. The molecule has 1 unspecified atom stereocenters. The fourth-order valence-electron chi connectivity index (χ4n) is 3.04. The molecule has 16 heavy (non-hydrogen) atoms. The Balaban J connectivity index is 1.70. The molecular formula is C14H28N2. The molecule has 0 spiro atoms. The second-order valence-electron chi connectivity index (χ2n) is 5.65. The molecule has 1 atom stereocenters. The van der Waals surface area contributed by atoms with Gasteiger partial charge in [0.25, 0.3) is 0 Å². The number of nitrogens with one attached hydrogen (secondary N) is 1. The van der Waals surface area contributed by atoms with Gasteiger partial charge in [-0.25, -0.2) is 0 Å². The van der Waals surface area contributed by atoms with Gasteiger partial charge in [-0.05, 0) is 32.1 Å². The summed E-state index contributed by atoms with van der Waals surface area (Å²) in [4.78, 5) is 2.70. The predicted octanol–water partition coefficient (Wildman–Crippen LogP) is 2.78. The minimum absolute atomic E-state index is 0.777. The van der Waals surface area contributed by atoms with E-state index in [1.165, 1.54) is 58.0 Å². The lowest BCUT2D eigenvalue weighted by Crippen LogP contribution is -2.40. The third kappa shape index (κ3) is 3.46. The van der Waals surface area contributed by atoms with E-state index in [2.05, 4.69) is 24.1 Å². The van der Waals surface area contributed by atoms with Crippen molar-refractivity contribution in [1.29, 1.82) is 0 Å². The van der Waals surface area contributed by atoms with Crippen molar-refractivity contribution in [2.75, 3.05) is 13.1 Å². The highest BCUT2D eigenvalue weighted by Gasteiger charge is 2.34. The molecule has 0 aromatic rings. The molecule has 0 aromatic heterocycles. The number of hydrogen-bond acceptors (Lipinski definition) is 2. The van der Waals surface area contributed by atoms with E-state index >= 15 is 0 Å². The van der Waals surface area contributed by atoms with Crippen molar-refractivity contribution in [3.8, 4) is 0 Å².